The van der Waals surface area contributed by atoms with Crippen LogP contribution < -0.4 is 0 Å². The lowest BCUT2D eigenvalue weighted by Crippen LogP contribution is -2.03. The Labute approximate surface area is 128 Å². The molecular weight excluding hydrogens is 290 g/mol. The Kier molecular flexibility index (Phi) is 7.22. The van der Waals surface area contributed by atoms with Gasteiger partial charge in [-0.3, -0.25) is 10.1 Å². The molecule has 5 nitrogen and oxygen atoms in total. The van der Waals surface area contributed by atoms with Crippen LogP contribution in [0.1, 0.15) is 56.3 Å². The average molecular weight is 311 g/mol. The lowest BCUT2D eigenvalue weighted by Gasteiger charge is -2.11. The van der Waals surface area contributed by atoms with E-state index in [0.29, 0.717) is 5.25 Å². The van der Waals surface area contributed by atoms with Crippen molar-refractivity contribution in [3.05, 3.63) is 33.9 Å². The zero-order valence-corrected chi connectivity index (χ0v) is 13.2. The van der Waals surface area contributed by atoms with E-state index in [1.54, 1.807) is 17.8 Å². The van der Waals surface area contributed by atoms with E-state index in [4.69, 9.17) is 5.11 Å². The molecule has 0 saturated carbocycles. The maximum Gasteiger partial charge on any atom is 0.342 e. The Morgan fingerprint density at radius 2 is 2.10 bits per heavy atom. The highest BCUT2D eigenvalue weighted by Gasteiger charge is 2.20. The van der Waals surface area contributed by atoms with Gasteiger partial charge in [0.15, 0.2) is 0 Å². The normalized spacial score (nSPS) is 12.1. The highest BCUT2D eigenvalue weighted by atomic mass is 32.2. The number of hydrogen-bond donors (Lipinski definition) is 1. The van der Waals surface area contributed by atoms with Gasteiger partial charge in [0.1, 0.15) is 5.56 Å². The van der Waals surface area contributed by atoms with Gasteiger partial charge in [-0.2, -0.15) is 0 Å². The SMILES string of the molecule is CCCCCCC(C)Sc1ccc([N+](=O)[O-])c(C(=O)O)c1. The number of unbranched alkanes of at least 4 members (excludes halogenated alkanes) is 3. The standard InChI is InChI=1S/C15H21NO4S/c1-3-4-5-6-7-11(2)21-12-8-9-14(16(19)20)13(10-12)15(17)18/h8-11H,3-7H2,1-2H3,(H,17,18). The molecule has 0 heterocycles. The van der Waals surface area contributed by atoms with Crippen LogP contribution in [0.3, 0.4) is 0 Å². The molecule has 1 aromatic rings. The second-order valence-corrected chi connectivity index (χ2v) is 6.53. The highest BCUT2D eigenvalue weighted by molar-refractivity contribution is 7.99. The third kappa shape index (κ3) is 5.75. The van der Waals surface area contributed by atoms with Crippen LogP contribution in [-0.2, 0) is 0 Å². The van der Waals surface area contributed by atoms with Crippen molar-refractivity contribution in [1.82, 2.24) is 0 Å². The predicted molar refractivity (Wildman–Crippen MR) is 84.1 cm³/mol. The summed E-state index contributed by atoms with van der Waals surface area (Å²) in [6, 6.07) is 4.29. The Morgan fingerprint density at radius 3 is 2.67 bits per heavy atom. The summed E-state index contributed by atoms with van der Waals surface area (Å²) in [4.78, 5) is 22.0. The molecule has 0 aliphatic carbocycles. The molecule has 1 N–H and O–H groups in total. The van der Waals surface area contributed by atoms with Gasteiger partial charge >= 0.3 is 5.97 Å². The number of nitro groups is 1. The topological polar surface area (TPSA) is 80.4 Å². The summed E-state index contributed by atoms with van der Waals surface area (Å²) < 4.78 is 0. The minimum absolute atomic E-state index is 0.247. The van der Waals surface area contributed by atoms with Gasteiger partial charge in [0, 0.05) is 16.2 Å². The number of benzene rings is 1. The van der Waals surface area contributed by atoms with E-state index < -0.39 is 10.9 Å². The molecule has 0 saturated heterocycles. The van der Waals surface area contributed by atoms with Gasteiger partial charge in [-0.05, 0) is 18.6 Å². The summed E-state index contributed by atoms with van der Waals surface area (Å²) >= 11 is 1.57. The van der Waals surface area contributed by atoms with E-state index in [1.807, 2.05) is 0 Å². The number of carboxylic acid groups (broad SMARTS) is 1. The zero-order chi connectivity index (χ0) is 15.8. The second kappa shape index (κ2) is 8.67. The van der Waals surface area contributed by atoms with Crippen molar-refractivity contribution in [3.8, 4) is 0 Å². The molecule has 0 spiro atoms. The van der Waals surface area contributed by atoms with Gasteiger partial charge in [-0.15, -0.1) is 11.8 Å². The number of aromatic carboxylic acids is 1. The van der Waals surface area contributed by atoms with E-state index in [9.17, 15) is 14.9 Å². The van der Waals surface area contributed by atoms with Crippen LogP contribution in [0, 0.1) is 10.1 Å². The first-order valence-electron chi connectivity index (χ1n) is 7.14. The summed E-state index contributed by atoms with van der Waals surface area (Å²) in [7, 11) is 0. The van der Waals surface area contributed by atoms with Crippen LogP contribution in [0.15, 0.2) is 23.1 Å². The monoisotopic (exact) mass is 311 g/mol. The summed E-state index contributed by atoms with van der Waals surface area (Å²) in [5.74, 6) is -1.26. The number of carbonyl (C=O) groups is 1. The first kappa shape index (κ1) is 17.5. The molecule has 0 bridgehead atoms. The van der Waals surface area contributed by atoms with Gasteiger partial charge in [-0.25, -0.2) is 4.79 Å². The van der Waals surface area contributed by atoms with E-state index in [0.717, 1.165) is 17.7 Å². The average Bonchev–Trinajstić information content (AvgIpc) is 2.43. The first-order chi connectivity index (χ1) is 9.95. The quantitative estimate of drug-likeness (QED) is 0.308. The predicted octanol–water partition coefficient (Wildman–Crippen LogP) is 4.74. The van der Waals surface area contributed by atoms with Crippen molar-refractivity contribution in [1.29, 1.82) is 0 Å². The summed E-state index contributed by atoms with van der Waals surface area (Å²) in [6.07, 6.45) is 5.86. The number of thioether (sulfide) groups is 1. The number of carboxylic acids is 1. The van der Waals surface area contributed by atoms with Crippen LogP contribution in [0.2, 0.25) is 0 Å². The maximum absolute atomic E-state index is 11.1. The smallest absolute Gasteiger partial charge is 0.342 e. The fraction of sp³-hybridized carbons (Fsp3) is 0.533. The minimum atomic E-state index is -1.26. The van der Waals surface area contributed by atoms with Crippen LogP contribution in [0.5, 0.6) is 0 Å². The van der Waals surface area contributed by atoms with Crippen molar-refractivity contribution in [2.24, 2.45) is 0 Å². The van der Waals surface area contributed by atoms with E-state index in [-0.39, 0.29) is 11.3 Å². The first-order valence-corrected chi connectivity index (χ1v) is 8.02. The van der Waals surface area contributed by atoms with E-state index in [1.165, 1.54) is 31.4 Å². The number of hydrogen-bond acceptors (Lipinski definition) is 4. The third-order valence-electron chi connectivity index (χ3n) is 3.20. The van der Waals surface area contributed by atoms with Gasteiger partial charge in [0.05, 0.1) is 4.92 Å². The molecular formula is C15H21NO4S. The van der Waals surface area contributed by atoms with Crippen LogP contribution in [0.25, 0.3) is 0 Å². The Balaban J connectivity index is 2.69. The molecule has 6 heteroatoms. The third-order valence-corrected chi connectivity index (χ3v) is 4.36. The molecule has 0 aliphatic heterocycles. The van der Waals surface area contributed by atoms with Gasteiger partial charge < -0.3 is 5.11 Å². The summed E-state index contributed by atoms with van der Waals surface area (Å²) in [5.41, 5.74) is -0.606. The molecule has 0 aromatic heterocycles. The molecule has 1 aromatic carbocycles. The molecule has 116 valence electrons. The largest absolute Gasteiger partial charge is 0.477 e. The molecule has 1 rings (SSSR count). The molecule has 0 fully saturated rings. The van der Waals surface area contributed by atoms with Crippen LogP contribution >= 0.6 is 11.8 Å². The lowest BCUT2D eigenvalue weighted by molar-refractivity contribution is -0.385. The maximum atomic E-state index is 11.1. The number of nitrogens with zero attached hydrogens (tertiary/aromatic N) is 1. The molecule has 0 aliphatic rings. The van der Waals surface area contributed by atoms with Gasteiger partial charge in [0.2, 0.25) is 0 Å². The van der Waals surface area contributed by atoms with Gasteiger partial charge in [0.25, 0.3) is 5.69 Å². The molecule has 21 heavy (non-hydrogen) atoms. The van der Waals surface area contributed by atoms with E-state index in [2.05, 4.69) is 13.8 Å². The van der Waals surface area contributed by atoms with E-state index >= 15 is 0 Å². The molecule has 1 unspecified atom stereocenters. The minimum Gasteiger partial charge on any atom is -0.477 e. The fourth-order valence-electron chi connectivity index (χ4n) is 2.07. The van der Waals surface area contributed by atoms with Crippen LogP contribution in [0.4, 0.5) is 5.69 Å². The van der Waals surface area contributed by atoms with Crippen LogP contribution in [-0.4, -0.2) is 21.2 Å². The lowest BCUT2D eigenvalue weighted by atomic mass is 10.1. The zero-order valence-electron chi connectivity index (χ0n) is 12.4. The second-order valence-electron chi connectivity index (χ2n) is 5.02. The summed E-state index contributed by atoms with van der Waals surface area (Å²) in [6.45, 7) is 4.26. The molecule has 1 atom stereocenters. The highest BCUT2D eigenvalue weighted by Crippen LogP contribution is 2.30. The molecule has 0 amide bonds. The Hall–Kier alpha value is -1.56. The fourth-order valence-corrected chi connectivity index (χ4v) is 3.15. The van der Waals surface area contributed by atoms with Crippen molar-refractivity contribution in [2.45, 2.75) is 56.1 Å². The number of rotatable bonds is 9. The van der Waals surface area contributed by atoms with Crippen molar-refractivity contribution in [3.63, 3.8) is 0 Å². The Morgan fingerprint density at radius 1 is 1.38 bits per heavy atom. The van der Waals surface area contributed by atoms with Crippen molar-refractivity contribution in [2.75, 3.05) is 0 Å². The number of nitro benzene ring substituents is 1. The van der Waals surface area contributed by atoms with Gasteiger partial charge in [-0.1, -0.05) is 39.5 Å². The van der Waals surface area contributed by atoms with Crippen molar-refractivity contribution < 1.29 is 14.8 Å². The Bertz CT molecular complexity index is 504. The van der Waals surface area contributed by atoms with Crippen molar-refractivity contribution >= 4 is 23.4 Å². The molecule has 0 radical (unpaired) electrons. The summed E-state index contributed by atoms with van der Waals surface area (Å²) in [5, 5.41) is 20.2.